The number of thiophene rings is 1. The number of carbonyl (C=O) groups excluding carboxylic acids is 1. The molecule has 0 aliphatic carbocycles. The van der Waals surface area contributed by atoms with Gasteiger partial charge in [-0.25, -0.2) is 0 Å². The highest BCUT2D eigenvalue weighted by Gasteiger charge is 2.24. The maximum atomic E-state index is 12.3. The number of benzene rings is 1. The lowest BCUT2D eigenvalue weighted by Crippen LogP contribution is -2.10. The highest BCUT2D eigenvalue weighted by Crippen LogP contribution is 2.29. The first-order valence-electron chi connectivity index (χ1n) is 5.74. The SMILES string of the molecule is N#CC(C(=O)c1sccc1Cl)c1ccc(OC(F)F)cc1. The van der Waals surface area contributed by atoms with E-state index in [0.29, 0.717) is 15.5 Å². The summed E-state index contributed by atoms with van der Waals surface area (Å²) < 4.78 is 28.3. The van der Waals surface area contributed by atoms with Gasteiger partial charge in [-0.3, -0.25) is 4.79 Å². The zero-order valence-electron chi connectivity index (χ0n) is 10.4. The summed E-state index contributed by atoms with van der Waals surface area (Å²) in [5.41, 5.74) is 0.397. The highest BCUT2D eigenvalue weighted by molar-refractivity contribution is 7.12. The van der Waals surface area contributed by atoms with E-state index in [0.717, 1.165) is 11.3 Å². The Morgan fingerprint density at radius 1 is 1.29 bits per heavy atom. The Bertz CT molecular complexity index is 679. The standard InChI is InChI=1S/C14H8ClF2NO2S/c15-11-5-6-21-13(11)12(19)10(7-18)8-1-3-9(4-2-8)20-14(16)17/h1-6,10,14H. The second-order valence-corrected chi connectivity index (χ2v) is 5.29. The van der Waals surface area contributed by atoms with E-state index >= 15 is 0 Å². The zero-order valence-corrected chi connectivity index (χ0v) is 12.0. The monoisotopic (exact) mass is 327 g/mol. The summed E-state index contributed by atoms with van der Waals surface area (Å²) in [5.74, 6) is -1.49. The van der Waals surface area contributed by atoms with E-state index in [2.05, 4.69) is 4.74 Å². The number of Topliss-reactive ketones (excluding diaryl/α,β-unsaturated/α-hetero) is 1. The smallest absolute Gasteiger partial charge is 0.387 e. The minimum Gasteiger partial charge on any atom is -0.435 e. The lowest BCUT2D eigenvalue weighted by atomic mass is 9.95. The number of carbonyl (C=O) groups is 1. The second kappa shape index (κ2) is 6.66. The predicted octanol–water partition coefficient (Wildman–Crippen LogP) is 4.49. The van der Waals surface area contributed by atoms with Crippen LogP contribution in [0.4, 0.5) is 8.78 Å². The number of alkyl halides is 2. The quantitative estimate of drug-likeness (QED) is 0.760. The molecule has 2 aromatic rings. The second-order valence-electron chi connectivity index (χ2n) is 3.97. The number of hydrogen-bond acceptors (Lipinski definition) is 4. The summed E-state index contributed by atoms with van der Waals surface area (Å²) in [5, 5.41) is 11.1. The van der Waals surface area contributed by atoms with Gasteiger partial charge >= 0.3 is 6.61 Å². The van der Waals surface area contributed by atoms with Crippen molar-refractivity contribution in [3.8, 4) is 11.8 Å². The van der Waals surface area contributed by atoms with Gasteiger partial charge in [0.1, 0.15) is 11.7 Å². The summed E-state index contributed by atoms with van der Waals surface area (Å²) >= 11 is 7.03. The molecule has 1 atom stereocenters. The largest absolute Gasteiger partial charge is 0.435 e. The molecule has 0 amide bonds. The summed E-state index contributed by atoms with van der Waals surface area (Å²) in [6, 6.07) is 8.87. The van der Waals surface area contributed by atoms with Crippen LogP contribution >= 0.6 is 22.9 Å². The van der Waals surface area contributed by atoms with Gasteiger partial charge in [0.15, 0.2) is 5.78 Å². The molecule has 0 bridgehead atoms. The van der Waals surface area contributed by atoms with Gasteiger partial charge in [0.25, 0.3) is 0 Å². The van der Waals surface area contributed by atoms with Gasteiger partial charge in [-0.1, -0.05) is 23.7 Å². The van der Waals surface area contributed by atoms with E-state index in [4.69, 9.17) is 11.6 Å². The van der Waals surface area contributed by atoms with E-state index < -0.39 is 18.3 Å². The molecule has 3 nitrogen and oxygen atoms in total. The third kappa shape index (κ3) is 3.57. The molecule has 0 aliphatic rings. The Balaban J connectivity index is 2.24. The molecule has 0 spiro atoms. The molecule has 21 heavy (non-hydrogen) atoms. The van der Waals surface area contributed by atoms with Gasteiger partial charge in [0.05, 0.1) is 16.0 Å². The number of ether oxygens (including phenoxy) is 1. The van der Waals surface area contributed by atoms with Crippen molar-refractivity contribution >= 4 is 28.7 Å². The Hall–Kier alpha value is -1.97. The molecule has 1 aromatic carbocycles. The molecule has 0 aliphatic heterocycles. The first kappa shape index (κ1) is 15.4. The molecule has 0 fully saturated rings. The first-order chi connectivity index (χ1) is 10.0. The number of ketones is 1. The molecule has 108 valence electrons. The van der Waals surface area contributed by atoms with Crippen molar-refractivity contribution in [2.75, 3.05) is 0 Å². The lowest BCUT2D eigenvalue weighted by Gasteiger charge is -2.09. The molecular formula is C14H8ClF2NO2S. The third-order valence-electron chi connectivity index (χ3n) is 2.67. The number of halogens is 3. The van der Waals surface area contributed by atoms with E-state index in [1.165, 1.54) is 24.3 Å². The summed E-state index contributed by atoms with van der Waals surface area (Å²) in [4.78, 5) is 12.6. The molecule has 7 heteroatoms. The molecule has 0 saturated heterocycles. The predicted molar refractivity (Wildman–Crippen MR) is 75.1 cm³/mol. The van der Waals surface area contributed by atoms with Crippen LogP contribution in [0.2, 0.25) is 5.02 Å². The molecule has 2 rings (SSSR count). The van der Waals surface area contributed by atoms with Crippen molar-refractivity contribution < 1.29 is 18.3 Å². The number of nitrogens with zero attached hydrogens (tertiary/aromatic N) is 1. The Morgan fingerprint density at radius 3 is 2.43 bits per heavy atom. The van der Waals surface area contributed by atoms with Crippen LogP contribution in [0.25, 0.3) is 0 Å². The van der Waals surface area contributed by atoms with E-state index in [-0.39, 0.29) is 5.75 Å². The van der Waals surface area contributed by atoms with Gasteiger partial charge < -0.3 is 4.74 Å². The van der Waals surface area contributed by atoms with Crippen LogP contribution in [0.5, 0.6) is 5.75 Å². The highest BCUT2D eigenvalue weighted by atomic mass is 35.5. The van der Waals surface area contributed by atoms with Crippen molar-refractivity contribution in [2.24, 2.45) is 0 Å². The Labute approximate surface area is 128 Å². The number of hydrogen-bond donors (Lipinski definition) is 0. The maximum absolute atomic E-state index is 12.3. The van der Waals surface area contributed by atoms with E-state index in [9.17, 15) is 18.8 Å². The minimum atomic E-state index is -2.92. The zero-order chi connectivity index (χ0) is 15.4. The van der Waals surface area contributed by atoms with Gasteiger partial charge in [-0.05, 0) is 29.1 Å². The average molecular weight is 328 g/mol. The van der Waals surface area contributed by atoms with Crippen LogP contribution in [-0.4, -0.2) is 12.4 Å². The minimum absolute atomic E-state index is 0.0351. The van der Waals surface area contributed by atoms with Crippen LogP contribution in [0, 0.1) is 11.3 Å². The lowest BCUT2D eigenvalue weighted by molar-refractivity contribution is -0.0498. The molecule has 1 unspecified atom stereocenters. The van der Waals surface area contributed by atoms with Gasteiger partial charge in [0, 0.05) is 0 Å². The summed E-state index contributed by atoms with van der Waals surface area (Å²) in [6.07, 6.45) is 0. The van der Waals surface area contributed by atoms with Crippen molar-refractivity contribution in [2.45, 2.75) is 12.5 Å². The normalized spacial score (nSPS) is 12.0. The average Bonchev–Trinajstić information content (AvgIpc) is 2.87. The van der Waals surface area contributed by atoms with Gasteiger partial charge in [-0.15, -0.1) is 11.3 Å². The van der Waals surface area contributed by atoms with Gasteiger partial charge in [0.2, 0.25) is 0 Å². The van der Waals surface area contributed by atoms with Crippen LogP contribution in [0.1, 0.15) is 21.2 Å². The molecule has 1 heterocycles. The third-order valence-corrected chi connectivity index (χ3v) is 4.03. The summed E-state index contributed by atoms with van der Waals surface area (Å²) in [6.45, 7) is -2.92. The molecule has 0 radical (unpaired) electrons. The fourth-order valence-corrected chi connectivity index (χ4v) is 2.85. The first-order valence-corrected chi connectivity index (χ1v) is 7.00. The van der Waals surface area contributed by atoms with E-state index in [1.54, 1.807) is 11.4 Å². The maximum Gasteiger partial charge on any atom is 0.387 e. The van der Waals surface area contributed by atoms with Crippen molar-refractivity contribution in [3.05, 3.63) is 51.2 Å². The van der Waals surface area contributed by atoms with Crippen LogP contribution in [0.15, 0.2) is 35.7 Å². The van der Waals surface area contributed by atoms with Crippen molar-refractivity contribution in [1.29, 1.82) is 5.26 Å². The van der Waals surface area contributed by atoms with Crippen molar-refractivity contribution in [3.63, 3.8) is 0 Å². The Kier molecular flexibility index (Phi) is 4.89. The van der Waals surface area contributed by atoms with Crippen LogP contribution in [-0.2, 0) is 0 Å². The van der Waals surface area contributed by atoms with E-state index in [1.807, 2.05) is 6.07 Å². The molecule has 1 aromatic heterocycles. The Morgan fingerprint density at radius 2 is 1.95 bits per heavy atom. The summed E-state index contributed by atoms with van der Waals surface area (Å²) in [7, 11) is 0. The van der Waals surface area contributed by atoms with Crippen LogP contribution in [0.3, 0.4) is 0 Å². The number of nitriles is 1. The molecule has 0 N–H and O–H groups in total. The number of rotatable bonds is 5. The fourth-order valence-electron chi connectivity index (χ4n) is 1.73. The van der Waals surface area contributed by atoms with Gasteiger partial charge in [-0.2, -0.15) is 14.0 Å². The van der Waals surface area contributed by atoms with Crippen molar-refractivity contribution in [1.82, 2.24) is 0 Å². The molecule has 0 saturated carbocycles. The molecular weight excluding hydrogens is 320 g/mol. The topological polar surface area (TPSA) is 50.1 Å². The fraction of sp³-hybridized carbons (Fsp3) is 0.143. The van der Waals surface area contributed by atoms with Crippen LogP contribution < -0.4 is 4.74 Å².